The number of hydrogen-bond acceptors (Lipinski definition) is 4. The number of halogens is 1. The number of carbonyl (C=O) groups is 2. The highest BCUT2D eigenvalue weighted by Gasteiger charge is 2.33. The standard InChI is InChI=1S/C22H28ClN3O3/c1-4-18-20(19(5-2)26(24-18)17-11-9-16(23)10-12-17)21(27)25-13-7-8-15(14-25)22(28)29-6-3/h9-12,15H,4-8,13-14H2,1-3H3/t15-/m0/s1. The molecule has 156 valence electrons. The molecule has 1 aromatic heterocycles. The van der Waals surface area contributed by atoms with Crippen LogP contribution < -0.4 is 0 Å². The molecule has 0 saturated carbocycles. The molecule has 0 aliphatic carbocycles. The molecule has 1 amide bonds. The molecule has 1 saturated heterocycles. The Hall–Kier alpha value is -2.34. The van der Waals surface area contributed by atoms with Gasteiger partial charge in [0.2, 0.25) is 0 Å². The molecule has 6 nitrogen and oxygen atoms in total. The van der Waals surface area contributed by atoms with Crippen LogP contribution in [0.15, 0.2) is 24.3 Å². The lowest BCUT2D eigenvalue weighted by Crippen LogP contribution is -2.43. The first-order valence-electron chi connectivity index (χ1n) is 10.3. The number of rotatable bonds is 6. The summed E-state index contributed by atoms with van der Waals surface area (Å²) in [5.41, 5.74) is 3.20. The van der Waals surface area contributed by atoms with Crippen LogP contribution >= 0.6 is 11.6 Å². The summed E-state index contributed by atoms with van der Waals surface area (Å²) in [6, 6.07) is 7.44. The maximum atomic E-state index is 13.5. The van der Waals surface area contributed by atoms with Gasteiger partial charge >= 0.3 is 5.97 Å². The summed E-state index contributed by atoms with van der Waals surface area (Å²) in [7, 11) is 0. The van der Waals surface area contributed by atoms with Crippen LogP contribution in [0.1, 0.15) is 55.4 Å². The number of aryl methyl sites for hydroxylation is 1. The SMILES string of the molecule is CCOC(=O)[C@H]1CCCN(C(=O)c2c(CC)nn(-c3ccc(Cl)cc3)c2CC)C1. The largest absolute Gasteiger partial charge is 0.466 e. The number of nitrogens with zero attached hydrogens (tertiary/aromatic N) is 3. The van der Waals surface area contributed by atoms with Crippen molar-refractivity contribution in [3.63, 3.8) is 0 Å². The second-order valence-corrected chi connectivity index (χ2v) is 7.64. The van der Waals surface area contributed by atoms with Crippen molar-refractivity contribution < 1.29 is 14.3 Å². The van der Waals surface area contributed by atoms with E-state index in [0.29, 0.717) is 43.1 Å². The first kappa shape index (κ1) is 21.4. The predicted octanol–water partition coefficient (Wildman–Crippen LogP) is 4.07. The minimum atomic E-state index is -0.255. The quantitative estimate of drug-likeness (QED) is 0.664. The fourth-order valence-corrected chi connectivity index (χ4v) is 4.02. The topological polar surface area (TPSA) is 64.4 Å². The monoisotopic (exact) mass is 417 g/mol. The lowest BCUT2D eigenvalue weighted by atomic mass is 9.97. The fourth-order valence-electron chi connectivity index (χ4n) is 3.89. The number of piperidine rings is 1. The van der Waals surface area contributed by atoms with Crippen LogP contribution in [-0.4, -0.2) is 46.3 Å². The van der Waals surface area contributed by atoms with Crippen molar-refractivity contribution in [2.45, 2.75) is 46.5 Å². The number of ether oxygens (including phenoxy) is 1. The van der Waals surface area contributed by atoms with Gasteiger partial charge in [-0.2, -0.15) is 5.10 Å². The van der Waals surface area contributed by atoms with E-state index >= 15 is 0 Å². The molecule has 1 aliphatic rings. The van der Waals surface area contributed by atoms with Gasteiger partial charge in [0.1, 0.15) is 0 Å². The molecule has 1 aromatic carbocycles. The molecule has 7 heteroatoms. The highest BCUT2D eigenvalue weighted by molar-refractivity contribution is 6.30. The third-order valence-electron chi connectivity index (χ3n) is 5.34. The van der Waals surface area contributed by atoms with Crippen LogP contribution in [-0.2, 0) is 22.4 Å². The van der Waals surface area contributed by atoms with E-state index in [1.807, 2.05) is 42.8 Å². The minimum Gasteiger partial charge on any atom is -0.466 e. The normalized spacial score (nSPS) is 16.7. The molecule has 1 fully saturated rings. The van der Waals surface area contributed by atoms with Crippen molar-refractivity contribution >= 4 is 23.5 Å². The van der Waals surface area contributed by atoms with Gasteiger partial charge in [-0.1, -0.05) is 25.4 Å². The number of amides is 1. The van der Waals surface area contributed by atoms with Crippen molar-refractivity contribution in [1.82, 2.24) is 14.7 Å². The fraction of sp³-hybridized carbons (Fsp3) is 0.500. The number of esters is 1. The summed E-state index contributed by atoms with van der Waals surface area (Å²) in [6.45, 7) is 7.23. The summed E-state index contributed by atoms with van der Waals surface area (Å²) < 4.78 is 7.01. The van der Waals surface area contributed by atoms with Gasteiger partial charge in [-0.3, -0.25) is 9.59 Å². The number of likely N-dealkylation sites (tertiary alicyclic amines) is 1. The average molecular weight is 418 g/mol. The minimum absolute atomic E-state index is 0.0482. The zero-order chi connectivity index (χ0) is 21.0. The van der Waals surface area contributed by atoms with Crippen LogP contribution in [0.2, 0.25) is 5.02 Å². The van der Waals surface area contributed by atoms with Crippen molar-refractivity contribution in [3.8, 4) is 5.69 Å². The van der Waals surface area contributed by atoms with Crippen LogP contribution in [0.4, 0.5) is 0 Å². The van der Waals surface area contributed by atoms with E-state index in [4.69, 9.17) is 21.4 Å². The van der Waals surface area contributed by atoms with E-state index in [-0.39, 0.29) is 17.8 Å². The maximum Gasteiger partial charge on any atom is 0.310 e. The Morgan fingerprint density at radius 1 is 1.17 bits per heavy atom. The number of aromatic nitrogens is 2. The lowest BCUT2D eigenvalue weighted by Gasteiger charge is -2.31. The van der Waals surface area contributed by atoms with E-state index in [9.17, 15) is 9.59 Å². The highest BCUT2D eigenvalue weighted by atomic mass is 35.5. The van der Waals surface area contributed by atoms with Crippen molar-refractivity contribution in [2.75, 3.05) is 19.7 Å². The predicted molar refractivity (Wildman–Crippen MR) is 113 cm³/mol. The molecule has 0 N–H and O–H groups in total. The molecule has 29 heavy (non-hydrogen) atoms. The van der Waals surface area contributed by atoms with Crippen LogP contribution in [0.3, 0.4) is 0 Å². The van der Waals surface area contributed by atoms with Crippen molar-refractivity contribution in [3.05, 3.63) is 46.2 Å². The lowest BCUT2D eigenvalue weighted by molar-refractivity contribution is -0.149. The first-order chi connectivity index (χ1) is 14.0. The van der Waals surface area contributed by atoms with Gasteiger partial charge in [0.25, 0.3) is 5.91 Å². The second-order valence-electron chi connectivity index (χ2n) is 7.21. The molecule has 0 unspecified atom stereocenters. The van der Waals surface area contributed by atoms with E-state index in [2.05, 4.69) is 0 Å². The molecule has 1 atom stereocenters. The second kappa shape index (κ2) is 9.44. The Bertz CT molecular complexity index is 876. The number of hydrogen-bond donors (Lipinski definition) is 0. The third kappa shape index (κ3) is 4.47. The Morgan fingerprint density at radius 2 is 1.90 bits per heavy atom. The summed E-state index contributed by atoms with van der Waals surface area (Å²) in [5.74, 6) is -0.518. The molecule has 0 bridgehead atoms. The summed E-state index contributed by atoms with van der Waals surface area (Å²) in [6.07, 6.45) is 2.88. The van der Waals surface area contributed by atoms with Crippen LogP contribution in [0.25, 0.3) is 5.69 Å². The van der Waals surface area contributed by atoms with Gasteiger partial charge in [0, 0.05) is 18.1 Å². The highest BCUT2D eigenvalue weighted by Crippen LogP contribution is 2.26. The van der Waals surface area contributed by atoms with E-state index in [1.54, 1.807) is 11.8 Å². The smallest absolute Gasteiger partial charge is 0.310 e. The Morgan fingerprint density at radius 3 is 2.52 bits per heavy atom. The molecule has 3 rings (SSSR count). The first-order valence-corrected chi connectivity index (χ1v) is 10.7. The van der Waals surface area contributed by atoms with Gasteiger partial charge in [0.05, 0.1) is 35.2 Å². The molecule has 2 aromatic rings. The molecule has 0 spiro atoms. The maximum absolute atomic E-state index is 13.5. The van der Waals surface area contributed by atoms with Gasteiger partial charge in [-0.05, 0) is 56.9 Å². The molecular weight excluding hydrogens is 390 g/mol. The van der Waals surface area contributed by atoms with Gasteiger partial charge in [-0.15, -0.1) is 0 Å². The summed E-state index contributed by atoms with van der Waals surface area (Å²) in [5, 5.41) is 5.39. The van der Waals surface area contributed by atoms with Crippen LogP contribution in [0, 0.1) is 5.92 Å². The molecule has 1 aliphatic heterocycles. The van der Waals surface area contributed by atoms with Gasteiger partial charge < -0.3 is 9.64 Å². The molecule has 0 radical (unpaired) electrons. The summed E-state index contributed by atoms with van der Waals surface area (Å²) >= 11 is 6.02. The number of benzene rings is 1. The van der Waals surface area contributed by atoms with Crippen molar-refractivity contribution in [2.24, 2.45) is 5.92 Å². The Balaban J connectivity index is 1.93. The van der Waals surface area contributed by atoms with E-state index in [0.717, 1.165) is 29.9 Å². The Labute approximate surface area is 176 Å². The average Bonchev–Trinajstić information content (AvgIpc) is 3.12. The van der Waals surface area contributed by atoms with Gasteiger partial charge in [-0.25, -0.2) is 4.68 Å². The third-order valence-corrected chi connectivity index (χ3v) is 5.59. The summed E-state index contributed by atoms with van der Waals surface area (Å²) in [4.78, 5) is 27.4. The zero-order valence-corrected chi connectivity index (χ0v) is 18.0. The number of carbonyl (C=O) groups excluding carboxylic acids is 2. The van der Waals surface area contributed by atoms with Gasteiger partial charge in [0.15, 0.2) is 0 Å². The van der Waals surface area contributed by atoms with Crippen molar-refractivity contribution in [1.29, 1.82) is 0 Å². The Kier molecular flexibility index (Phi) is 6.96. The molecule has 2 heterocycles. The van der Waals surface area contributed by atoms with E-state index in [1.165, 1.54) is 0 Å². The van der Waals surface area contributed by atoms with E-state index < -0.39 is 0 Å². The zero-order valence-electron chi connectivity index (χ0n) is 17.3. The van der Waals surface area contributed by atoms with Crippen LogP contribution in [0.5, 0.6) is 0 Å². The molecular formula is C22H28ClN3O3.